The van der Waals surface area contributed by atoms with Crippen LogP contribution in [0.25, 0.3) is 0 Å². The van der Waals surface area contributed by atoms with Gasteiger partial charge in [-0.1, -0.05) is 23.2 Å². The molecular formula is C12H11Cl3N2S. The summed E-state index contributed by atoms with van der Waals surface area (Å²) in [7, 11) is 1.97. The lowest BCUT2D eigenvalue weighted by atomic mass is 10.3. The van der Waals surface area contributed by atoms with Crippen LogP contribution < -0.4 is 4.90 Å². The van der Waals surface area contributed by atoms with Crippen molar-refractivity contribution < 1.29 is 0 Å². The molecule has 0 aliphatic heterocycles. The summed E-state index contributed by atoms with van der Waals surface area (Å²) in [5.41, 5.74) is 0.888. The van der Waals surface area contributed by atoms with Crippen LogP contribution in [-0.2, 0) is 12.4 Å². The summed E-state index contributed by atoms with van der Waals surface area (Å²) in [6.07, 6.45) is 1.63. The molecule has 0 spiro atoms. The Morgan fingerprint density at radius 3 is 2.72 bits per heavy atom. The van der Waals surface area contributed by atoms with Crippen molar-refractivity contribution in [2.24, 2.45) is 0 Å². The molecular weight excluding hydrogens is 311 g/mol. The molecule has 0 saturated carbocycles. The molecule has 2 aromatic rings. The van der Waals surface area contributed by atoms with Gasteiger partial charge in [0.25, 0.3) is 0 Å². The van der Waals surface area contributed by atoms with E-state index in [-0.39, 0.29) is 0 Å². The normalized spacial score (nSPS) is 10.7. The van der Waals surface area contributed by atoms with Gasteiger partial charge in [-0.2, -0.15) is 0 Å². The summed E-state index contributed by atoms with van der Waals surface area (Å²) < 4.78 is 0.795. The van der Waals surface area contributed by atoms with Gasteiger partial charge in [0, 0.05) is 24.0 Å². The molecule has 0 atom stereocenters. The third kappa shape index (κ3) is 3.29. The van der Waals surface area contributed by atoms with Crippen molar-refractivity contribution in [3.63, 3.8) is 0 Å². The lowest BCUT2D eigenvalue weighted by molar-refractivity contribution is 0.910. The Morgan fingerprint density at radius 1 is 1.33 bits per heavy atom. The number of aromatic nitrogens is 1. The second kappa shape index (κ2) is 6.11. The minimum atomic E-state index is 0.382. The van der Waals surface area contributed by atoms with E-state index in [0.717, 1.165) is 22.3 Å². The van der Waals surface area contributed by atoms with E-state index in [9.17, 15) is 0 Å². The maximum absolute atomic E-state index is 5.98. The third-order valence-corrected chi connectivity index (χ3v) is 4.32. The summed E-state index contributed by atoms with van der Waals surface area (Å²) in [6, 6.07) is 5.82. The molecule has 0 unspecified atom stereocenters. The van der Waals surface area contributed by atoms with E-state index in [1.807, 2.05) is 30.1 Å². The number of pyridine rings is 1. The van der Waals surface area contributed by atoms with E-state index in [2.05, 4.69) is 4.98 Å². The second-order valence-electron chi connectivity index (χ2n) is 3.83. The van der Waals surface area contributed by atoms with Gasteiger partial charge in [-0.3, -0.25) is 0 Å². The quantitative estimate of drug-likeness (QED) is 0.750. The second-order valence-corrected chi connectivity index (χ2v) is 6.30. The molecule has 0 aliphatic rings. The molecule has 0 N–H and O–H groups in total. The highest BCUT2D eigenvalue weighted by molar-refractivity contribution is 7.16. The first-order valence-electron chi connectivity index (χ1n) is 5.26. The molecule has 2 rings (SSSR count). The molecule has 0 bridgehead atoms. The van der Waals surface area contributed by atoms with Gasteiger partial charge < -0.3 is 4.90 Å². The molecule has 18 heavy (non-hydrogen) atoms. The summed E-state index contributed by atoms with van der Waals surface area (Å²) in [4.78, 5) is 7.52. The summed E-state index contributed by atoms with van der Waals surface area (Å²) in [5.74, 6) is 1.23. The zero-order chi connectivity index (χ0) is 13.1. The van der Waals surface area contributed by atoms with Gasteiger partial charge in [0.1, 0.15) is 5.82 Å². The summed E-state index contributed by atoms with van der Waals surface area (Å²) in [5, 5.41) is 0.598. The van der Waals surface area contributed by atoms with Crippen molar-refractivity contribution in [3.05, 3.63) is 44.2 Å². The van der Waals surface area contributed by atoms with Crippen LogP contribution in [-0.4, -0.2) is 12.0 Å². The van der Waals surface area contributed by atoms with Crippen molar-refractivity contribution in [2.45, 2.75) is 12.4 Å². The van der Waals surface area contributed by atoms with E-state index < -0.39 is 0 Å². The van der Waals surface area contributed by atoms with Crippen LogP contribution in [0.3, 0.4) is 0 Å². The molecule has 2 heterocycles. The average molecular weight is 322 g/mol. The van der Waals surface area contributed by atoms with Gasteiger partial charge in [-0.15, -0.1) is 22.9 Å². The van der Waals surface area contributed by atoms with E-state index in [0.29, 0.717) is 10.9 Å². The minimum absolute atomic E-state index is 0.382. The van der Waals surface area contributed by atoms with Gasteiger partial charge in [-0.05, 0) is 23.8 Å². The molecule has 2 aromatic heterocycles. The van der Waals surface area contributed by atoms with Gasteiger partial charge in [0.05, 0.1) is 15.9 Å². The van der Waals surface area contributed by atoms with E-state index in [1.54, 1.807) is 17.5 Å². The van der Waals surface area contributed by atoms with Crippen molar-refractivity contribution in [3.8, 4) is 0 Å². The van der Waals surface area contributed by atoms with Crippen LogP contribution in [0.4, 0.5) is 5.82 Å². The fourth-order valence-corrected chi connectivity index (χ4v) is 3.13. The fraction of sp³-hybridized carbons (Fsp3) is 0.250. The number of nitrogens with zero attached hydrogens (tertiary/aromatic N) is 2. The molecule has 2 nitrogen and oxygen atoms in total. The Hall–Kier alpha value is -0.480. The SMILES string of the molecule is CN(Cc1ccc(Cl)s1)c1cc(CCl)c(Cl)cn1. The van der Waals surface area contributed by atoms with Crippen LogP contribution in [0.15, 0.2) is 24.4 Å². The van der Waals surface area contributed by atoms with Gasteiger partial charge in [-0.25, -0.2) is 4.98 Å². The highest BCUT2D eigenvalue weighted by Gasteiger charge is 2.08. The Morgan fingerprint density at radius 2 is 2.11 bits per heavy atom. The maximum atomic E-state index is 5.98. The molecule has 0 radical (unpaired) electrons. The van der Waals surface area contributed by atoms with Crippen LogP contribution in [0.1, 0.15) is 10.4 Å². The number of alkyl halides is 1. The molecule has 0 aromatic carbocycles. The van der Waals surface area contributed by atoms with Gasteiger partial charge in [0.2, 0.25) is 0 Å². The first kappa shape index (κ1) is 13.9. The van der Waals surface area contributed by atoms with Crippen LogP contribution in [0.2, 0.25) is 9.36 Å². The molecule has 0 saturated heterocycles. The minimum Gasteiger partial charge on any atom is -0.355 e. The Bertz CT molecular complexity index is 542. The summed E-state index contributed by atoms with van der Waals surface area (Å²) >= 11 is 19.3. The standard InChI is InChI=1S/C12H11Cl3N2S/c1-17(7-9-2-3-11(15)18-9)12-4-8(5-13)10(14)6-16-12/h2-4,6H,5,7H2,1H3. The molecule has 0 aliphatic carbocycles. The smallest absolute Gasteiger partial charge is 0.128 e. The topological polar surface area (TPSA) is 16.1 Å². The fourth-order valence-electron chi connectivity index (χ4n) is 1.53. The number of thiophene rings is 1. The Labute approximate surface area is 125 Å². The number of hydrogen-bond donors (Lipinski definition) is 0. The lowest BCUT2D eigenvalue weighted by Crippen LogP contribution is -2.17. The molecule has 0 amide bonds. The number of halogens is 3. The average Bonchev–Trinajstić information content (AvgIpc) is 2.75. The highest BCUT2D eigenvalue weighted by Crippen LogP contribution is 2.25. The largest absolute Gasteiger partial charge is 0.355 e. The summed E-state index contributed by atoms with van der Waals surface area (Å²) in [6.45, 7) is 0.758. The van der Waals surface area contributed by atoms with Crippen LogP contribution in [0.5, 0.6) is 0 Å². The number of rotatable bonds is 4. The lowest BCUT2D eigenvalue weighted by Gasteiger charge is -2.18. The first-order valence-corrected chi connectivity index (χ1v) is 7.36. The van der Waals surface area contributed by atoms with E-state index in [4.69, 9.17) is 34.8 Å². The van der Waals surface area contributed by atoms with Crippen molar-refractivity contribution >= 4 is 52.0 Å². The van der Waals surface area contributed by atoms with Gasteiger partial charge >= 0.3 is 0 Å². The highest BCUT2D eigenvalue weighted by atomic mass is 35.5. The first-order chi connectivity index (χ1) is 8.60. The van der Waals surface area contributed by atoms with E-state index >= 15 is 0 Å². The number of anilines is 1. The van der Waals surface area contributed by atoms with Crippen molar-refractivity contribution in [2.75, 3.05) is 11.9 Å². The maximum Gasteiger partial charge on any atom is 0.128 e. The monoisotopic (exact) mass is 320 g/mol. The number of hydrogen-bond acceptors (Lipinski definition) is 3. The van der Waals surface area contributed by atoms with Crippen LogP contribution in [0, 0.1) is 0 Å². The predicted molar refractivity (Wildman–Crippen MR) is 80.2 cm³/mol. The van der Waals surface area contributed by atoms with Crippen molar-refractivity contribution in [1.82, 2.24) is 4.98 Å². The molecule has 0 fully saturated rings. The van der Waals surface area contributed by atoms with Crippen molar-refractivity contribution in [1.29, 1.82) is 0 Å². The predicted octanol–water partition coefficient (Wildman–Crippen LogP) is 4.83. The Kier molecular flexibility index (Phi) is 4.73. The zero-order valence-corrected chi connectivity index (χ0v) is 12.7. The van der Waals surface area contributed by atoms with E-state index in [1.165, 1.54) is 4.88 Å². The molecule has 6 heteroatoms. The van der Waals surface area contributed by atoms with Gasteiger partial charge in [0.15, 0.2) is 0 Å². The zero-order valence-electron chi connectivity index (χ0n) is 9.66. The third-order valence-electron chi connectivity index (χ3n) is 2.48. The molecule has 96 valence electrons. The Balaban J connectivity index is 2.15. The van der Waals surface area contributed by atoms with Crippen LogP contribution >= 0.6 is 46.1 Å².